The van der Waals surface area contributed by atoms with Crippen LogP contribution in [0.2, 0.25) is 0 Å². The molecular weight excluding hydrogens is 351 g/mol. The second-order valence-corrected chi connectivity index (χ2v) is 6.20. The van der Waals surface area contributed by atoms with Gasteiger partial charge in [0.1, 0.15) is 12.7 Å². The molecule has 0 N–H and O–H groups in total. The first-order valence-electron chi connectivity index (χ1n) is 6.26. The molecule has 1 aromatic carbocycles. The Labute approximate surface area is 142 Å². The van der Waals surface area contributed by atoms with Gasteiger partial charge in [0.2, 0.25) is 0 Å². The normalized spacial score (nSPS) is 12.7. The number of alkyl halides is 3. The lowest BCUT2D eigenvalue weighted by Crippen LogP contribution is -2.48. The van der Waals surface area contributed by atoms with Gasteiger partial charge in [0.05, 0.1) is 5.88 Å². The van der Waals surface area contributed by atoms with Crippen LogP contribution in [0.25, 0.3) is 0 Å². The fourth-order valence-electron chi connectivity index (χ4n) is 1.77. The van der Waals surface area contributed by atoms with Gasteiger partial charge >= 0.3 is 0 Å². The Morgan fingerprint density at radius 2 is 2.09 bits per heavy atom. The van der Waals surface area contributed by atoms with E-state index in [4.69, 9.17) is 39.6 Å². The van der Waals surface area contributed by atoms with Crippen LogP contribution in [0.5, 0.6) is 5.75 Å². The van der Waals surface area contributed by atoms with E-state index in [0.29, 0.717) is 5.75 Å². The van der Waals surface area contributed by atoms with Crippen molar-refractivity contribution in [1.29, 1.82) is 0 Å². The van der Waals surface area contributed by atoms with E-state index >= 15 is 0 Å². The van der Waals surface area contributed by atoms with Crippen LogP contribution in [0, 0.1) is 0 Å². The SMILES string of the molecule is CC(=O)N(Oc1ccccc1)C(n1cncn1)C(Cl)(Cl)CCl. The summed E-state index contributed by atoms with van der Waals surface area (Å²) in [5.41, 5.74) is 0. The fraction of sp³-hybridized carbons (Fsp3) is 0.308. The number of amides is 1. The standard InChI is InChI=1S/C13H13Cl3N4O2/c1-10(21)20(22-11-5-3-2-4-6-11)12(13(15,16)7-14)19-9-17-8-18-19/h2-6,8-9,12H,7H2,1H3. The van der Waals surface area contributed by atoms with Crippen LogP contribution in [-0.2, 0) is 4.79 Å². The molecule has 1 heterocycles. The molecule has 1 amide bonds. The smallest absolute Gasteiger partial charge is 0.254 e. The van der Waals surface area contributed by atoms with Crippen molar-refractivity contribution in [2.45, 2.75) is 17.4 Å². The van der Waals surface area contributed by atoms with Crippen LogP contribution in [0.15, 0.2) is 43.0 Å². The van der Waals surface area contributed by atoms with Gasteiger partial charge in [0.15, 0.2) is 16.2 Å². The third-order valence-corrected chi connectivity index (χ3v) is 4.08. The van der Waals surface area contributed by atoms with Crippen LogP contribution in [0.4, 0.5) is 0 Å². The number of hydrogen-bond acceptors (Lipinski definition) is 4. The minimum absolute atomic E-state index is 0.150. The van der Waals surface area contributed by atoms with Crippen molar-refractivity contribution < 1.29 is 9.63 Å². The van der Waals surface area contributed by atoms with Crippen molar-refractivity contribution in [2.75, 3.05) is 5.88 Å². The third-order valence-electron chi connectivity index (χ3n) is 2.72. The van der Waals surface area contributed by atoms with Crippen molar-refractivity contribution in [3.05, 3.63) is 43.0 Å². The van der Waals surface area contributed by atoms with Gasteiger partial charge in [-0.2, -0.15) is 5.10 Å². The number of hydroxylamine groups is 2. The van der Waals surface area contributed by atoms with E-state index in [9.17, 15) is 4.79 Å². The number of para-hydroxylation sites is 1. The maximum atomic E-state index is 12.0. The molecule has 0 aliphatic heterocycles. The maximum absolute atomic E-state index is 12.0. The van der Waals surface area contributed by atoms with Gasteiger partial charge in [0.25, 0.3) is 5.91 Å². The molecule has 0 saturated heterocycles. The topological polar surface area (TPSA) is 60.2 Å². The van der Waals surface area contributed by atoms with Crippen molar-refractivity contribution in [1.82, 2.24) is 19.8 Å². The summed E-state index contributed by atoms with van der Waals surface area (Å²) < 4.78 is -0.220. The number of aromatic nitrogens is 3. The molecule has 2 rings (SSSR count). The predicted octanol–water partition coefficient (Wildman–Crippen LogP) is 3.03. The highest BCUT2D eigenvalue weighted by molar-refractivity contribution is 6.51. The Bertz CT molecular complexity index is 607. The zero-order valence-electron chi connectivity index (χ0n) is 11.6. The number of rotatable bonds is 6. The molecule has 6 nitrogen and oxygen atoms in total. The molecule has 0 radical (unpaired) electrons. The summed E-state index contributed by atoms with van der Waals surface area (Å²) in [6.07, 6.45) is 1.68. The van der Waals surface area contributed by atoms with E-state index in [2.05, 4.69) is 10.1 Å². The number of carbonyl (C=O) groups excluding carboxylic acids is 1. The fourth-order valence-corrected chi connectivity index (χ4v) is 2.28. The van der Waals surface area contributed by atoms with Crippen molar-refractivity contribution in [3.8, 4) is 5.75 Å². The molecule has 1 atom stereocenters. The van der Waals surface area contributed by atoms with E-state index in [1.165, 1.54) is 24.3 Å². The van der Waals surface area contributed by atoms with Gasteiger partial charge < -0.3 is 4.84 Å². The monoisotopic (exact) mass is 362 g/mol. The molecular formula is C13H13Cl3N4O2. The van der Waals surface area contributed by atoms with Gasteiger partial charge in [-0.05, 0) is 12.1 Å². The Kier molecular flexibility index (Phi) is 5.50. The van der Waals surface area contributed by atoms with E-state index in [1.54, 1.807) is 24.3 Å². The summed E-state index contributed by atoms with van der Waals surface area (Å²) in [6.45, 7) is 1.32. The quantitative estimate of drug-likeness (QED) is 0.585. The second kappa shape index (κ2) is 7.17. The Morgan fingerprint density at radius 3 is 2.59 bits per heavy atom. The Balaban J connectivity index is 2.39. The van der Waals surface area contributed by atoms with Gasteiger partial charge in [-0.15, -0.1) is 16.7 Å². The van der Waals surface area contributed by atoms with E-state index < -0.39 is 16.4 Å². The van der Waals surface area contributed by atoms with Crippen LogP contribution in [0.1, 0.15) is 13.1 Å². The van der Waals surface area contributed by atoms with Crippen molar-refractivity contribution >= 4 is 40.7 Å². The van der Waals surface area contributed by atoms with Crippen LogP contribution < -0.4 is 4.84 Å². The molecule has 2 aromatic rings. The number of benzene rings is 1. The molecule has 1 unspecified atom stereocenters. The highest BCUT2D eigenvalue weighted by atomic mass is 35.5. The summed E-state index contributed by atoms with van der Waals surface area (Å²) in [7, 11) is 0. The average Bonchev–Trinajstić information content (AvgIpc) is 3.01. The van der Waals surface area contributed by atoms with Gasteiger partial charge in [-0.1, -0.05) is 41.4 Å². The number of nitrogens with zero attached hydrogens (tertiary/aromatic N) is 4. The first-order chi connectivity index (χ1) is 10.5. The molecule has 0 spiro atoms. The van der Waals surface area contributed by atoms with Gasteiger partial charge in [0, 0.05) is 6.92 Å². The molecule has 0 aliphatic carbocycles. The van der Waals surface area contributed by atoms with Crippen LogP contribution in [-0.4, -0.2) is 35.9 Å². The third kappa shape index (κ3) is 3.82. The molecule has 0 fully saturated rings. The molecule has 22 heavy (non-hydrogen) atoms. The lowest BCUT2D eigenvalue weighted by molar-refractivity contribution is -0.173. The van der Waals surface area contributed by atoms with E-state index in [1.807, 2.05) is 6.07 Å². The summed E-state index contributed by atoms with van der Waals surface area (Å²) in [5.74, 6) is -0.121. The second-order valence-electron chi connectivity index (χ2n) is 4.39. The highest BCUT2D eigenvalue weighted by Crippen LogP contribution is 2.38. The zero-order chi connectivity index (χ0) is 16.2. The molecule has 0 bridgehead atoms. The molecule has 1 aromatic heterocycles. The van der Waals surface area contributed by atoms with E-state index in [0.717, 1.165) is 5.06 Å². The summed E-state index contributed by atoms with van der Waals surface area (Å²) in [4.78, 5) is 21.5. The van der Waals surface area contributed by atoms with Crippen LogP contribution >= 0.6 is 34.8 Å². The van der Waals surface area contributed by atoms with Gasteiger partial charge in [-0.3, -0.25) is 4.79 Å². The lowest BCUT2D eigenvalue weighted by atomic mass is 10.3. The first kappa shape index (κ1) is 16.9. The Hall–Kier alpha value is -1.50. The largest absolute Gasteiger partial charge is 0.375 e. The lowest BCUT2D eigenvalue weighted by Gasteiger charge is -2.35. The minimum atomic E-state index is -1.53. The predicted molar refractivity (Wildman–Crippen MR) is 83.8 cm³/mol. The summed E-state index contributed by atoms with van der Waals surface area (Å²) in [5, 5.41) is 5.00. The number of halogens is 3. The highest BCUT2D eigenvalue weighted by Gasteiger charge is 2.43. The maximum Gasteiger partial charge on any atom is 0.254 e. The number of carbonyl (C=O) groups is 1. The average molecular weight is 364 g/mol. The zero-order valence-corrected chi connectivity index (χ0v) is 13.8. The van der Waals surface area contributed by atoms with E-state index in [-0.39, 0.29) is 5.88 Å². The minimum Gasteiger partial charge on any atom is -0.375 e. The molecule has 118 valence electrons. The summed E-state index contributed by atoms with van der Waals surface area (Å²) >= 11 is 18.3. The molecule has 9 heteroatoms. The number of hydrogen-bond donors (Lipinski definition) is 0. The van der Waals surface area contributed by atoms with Crippen LogP contribution in [0.3, 0.4) is 0 Å². The molecule has 0 aliphatic rings. The summed E-state index contributed by atoms with van der Waals surface area (Å²) in [6, 6.07) is 8.76. The van der Waals surface area contributed by atoms with Crippen molar-refractivity contribution in [2.24, 2.45) is 0 Å². The van der Waals surface area contributed by atoms with Gasteiger partial charge in [-0.25, -0.2) is 9.67 Å². The molecule has 0 saturated carbocycles. The Morgan fingerprint density at radius 1 is 1.41 bits per heavy atom. The first-order valence-corrected chi connectivity index (χ1v) is 7.55. The van der Waals surface area contributed by atoms with Crippen molar-refractivity contribution in [3.63, 3.8) is 0 Å².